The molecule has 0 radical (unpaired) electrons. The van der Waals surface area contributed by atoms with E-state index in [-0.39, 0.29) is 24.3 Å². The van der Waals surface area contributed by atoms with Crippen LogP contribution in [0.25, 0.3) is 11.0 Å². The van der Waals surface area contributed by atoms with E-state index in [9.17, 15) is 9.59 Å². The van der Waals surface area contributed by atoms with Gasteiger partial charge in [0.05, 0.1) is 23.6 Å². The van der Waals surface area contributed by atoms with Crippen LogP contribution < -0.4 is 5.32 Å². The van der Waals surface area contributed by atoms with Crippen molar-refractivity contribution in [3.05, 3.63) is 64.9 Å². The Morgan fingerprint density at radius 1 is 1.24 bits per heavy atom. The highest BCUT2D eigenvalue weighted by Gasteiger charge is 2.27. The fourth-order valence-corrected chi connectivity index (χ4v) is 3.74. The maximum absolute atomic E-state index is 12.9. The number of Topliss-reactive ketones (excluding diaryl/α,β-unsaturated/α-hetero) is 1. The molecule has 2 aromatic carbocycles. The molecule has 0 spiro atoms. The first-order valence-electron chi connectivity index (χ1n) is 9.69. The van der Waals surface area contributed by atoms with Gasteiger partial charge in [0, 0.05) is 17.2 Å². The first kappa shape index (κ1) is 19.6. The molecule has 150 valence electrons. The Bertz CT molecular complexity index is 1040. The van der Waals surface area contributed by atoms with Gasteiger partial charge in [-0.3, -0.25) is 9.59 Å². The molecule has 0 aliphatic carbocycles. The van der Waals surface area contributed by atoms with Gasteiger partial charge in [-0.05, 0) is 56.2 Å². The Labute approximate surface area is 173 Å². The number of aromatic nitrogens is 2. The maximum Gasteiger partial charge on any atom is 0.249 e. The van der Waals surface area contributed by atoms with Gasteiger partial charge in [0.25, 0.3) is 0 Å². The van der Waals surface area contributed by atoms with Crippen molar-refractivity contribution in [2.75, 3.05) is 6.61 Å². The topological polar surface area (TPSA) is 73.2 Å². The van der Waals surface area contributed by atoms with E-state index in [2.05, 4.69) is 10.3 Å². The Kier molecular flexibility index (Phi) is 5.65. The van der Waals surface area contributed by atoms with Crippen LogP contribution in [0.3, 0.4) is 0 Å². The van der Waals surface area contributed by atoms with Crippen molar-refractivity contribution in [1.82, 2.24) is 14.9 Å². The van der Waals surface area contributed by atoms with Gasteiger partial charge >= 0.3 is 0 Å². The number of carbonyl (C=O) groups excluding carboxylic acids is 2. The lowest BCUT2D eigenvalue weighted by molar-refractivity contribution is -0.130. The molecule has 2 heterocycles. The normalized spacial score (nSPS) is 17.4. The zero-order chi connectivity index (χ0) is 20.4. The molecule has 2 atom stereocenters. The third kappa shape index (κ3) is 4.18. The van der Waals surface area contributed by atoms with E-state index < -0.39 is 6.10 Å². The maximum atomic E-state index is 12.9. The largest absolute Gasteiger partial charge is 0.368 e. The van der Waals surface area contributed by atoms with Crippen LogP contribution in [-0.2, 0) is 16.1 Å². The van der Waals surface area contributed by atoms with Crippen LogP contribution in [0, 0.1) is 0 Å². The number of benzene rings is 2. The summed E-state index contributed by atoms with van der Waals surface area (Å²) < 4.78 is 7.34. The summed E-state index contributed by atoms with van der Waals surface area (Å²) in [6.07, 6.45) is 1.20. The highest BCUT2D eigenvalue weighted by molar-refractivity contribution is 6.30. The van der Waals surface area contributed by atoms with Crippen LogP contribution in [-0.4, -0.2) is 34.0 Å². The highest BCUT2D eigenvalue weighted by Crippen LogP contribution is 2.23. The van der Waals surface area contributed by atoms with Crippen molar-refractivity contribution in [1.29, 1.82) is 0 Å². The van der Waals surface area contributed by atoms with E-state index in [1.165, 1.54) is 0 Å². The van der Waals surface area contributed by atoms with Gasteiger partial charge in [0.2, 0.25) is 5.91 Å². The SMILES string of the molecule is CC(NC(=O)C1CCCO1)c1nc2ccccc2n1CC(=O)c1ccc(Cl)cc1. The molecule has 3 aromatic rings. The zero-order valence-electron chi connectivity index (χ0n) is 16.1. The average Bonchev–Trinajstić information content (AvgIpc) is 3.37. The van der Waals surface area contributed by atoms with E-state index in [4.69, 9.17) is 16.3 Å². The number of ether oxygens (including phenoxy) is 1. The Hall–Kier alpha value is -2.70. The van der Waals surface area contributed by atoms with Crippen molar-refractivity contribution in [3.8, 4) is 0 Å². The van der Waals surface area contributed by atoms with Gasteiger partial charge in [-0.25, -0.2) is 4.98 Å². The number of amides is 1. The number of nitrogens with zero attached hydrogens (tertiary/aromatic N) is 2. The number of carbonyl (C=O) groups is 2. The number of hydrogen-bond donors (Lipinski definition) is 1. The van der Waals surface area contributed by atoms with Crippen LogP contribution >= 0.6 is 11.6 Å². The predicted octanol–water partition coefficient (Wildman–Crippen LogP) is 3.93. The lowest BCUT2D eigenvalue weighted by atomic mass is 10.1. The summed E-state index contributed by atoms with van der Waals surface area (Å²) in [6.45, 7) is 2.61. The number of halogens is 1. The molecule has 1 aliphatic heterocycles. The number of ketones is 1. The third-order valence-electron chi connectivity index (χ3n) is 5.12. The molecule has 4 rings (SSSR count). The monoisotopic (exact) mass is 411 g/mol. The average molecular weight is 412 g/mol. The smallest absolute Gasteiger partial charge is 0.249 e. The molecule has 0 saturated carbocycles. The van der Waals surface area contributed by atoms with Crippen LogP contribution in [0.15, 0.2) is 48.5 Å². The molecular weight excluding hydrogens is 390 g/mol. The lowest BCUT2D eigenvalue weighted by Crippen LogP contribution is -2.37. The third-order valence-corrected chi connectivity index (χ3v) is 5.37. The van der Waals surface area contributed by atoms with E-state index in [1.54, 1.807) is 24.3 Å². The van der Waals surface area contributed by atoms with Gasteiger partial charge < -0.3 is 14.6 Å². The fourth-order valence-electron chi connectivity index (χ4n) is 3.62. The van der Waals surface area contributed by atoms with Gasteiger partial charge in [-0.15, -0.1) is 0 Å². The zero-order valence-corrected chi connectivity index (χ0v) is 16.9. The van der Waals surface area contributed by atoms with Crippen molar-refractivity contribution in [2.45, 2.75) is 38.5 Å². The van der Waals surface area contributed by atoms with Crippen molar-refractivity contribution in [3.63, 3.8) is 0 Å². The van der Waals surface area contributed by atoms with E-state index in [0.717, 1.165) is 23.9 Å². The molecule has 2 unspecified atom stereocenters. The van der Waals surface area contributed by atoms with E-state index in [1.807, 2.05) is 35.8 Å². The van der Waals surface area contributed by atoms with E-state index in [0.29, 0.717) is 23.0 Å². The molecule has 1 amide bonds. The Morgan fingerprint density at radius 2 is 2.00 bits per heavy atom. The summed E-state index contributed by atoms with van der Waals surface area (Å²) in [5.41, 5.74) is 2.21. The molecule has 1 aliphatic rings. The van der Waals surface area contributed by atoms with Gasteiger partial charge in [0.15, 0.2) is 5.78 Å². The number of imidazole rings is 1. The minimum Gasteiger partial charge on any atom is -0.368 e. The fraction of sp³-hybridized carbons (Fsp3) is 0.318. The summed E-state index contributed by atoms with van der Waals surface area (Å²) in [5.74, 6) is 0.446. The van der Waals surface area contributed by atoms with E-state index >= 15 is 0 Å². The quantitative estimate of drug-likeness (QED) is 0.624. The van der Waals surface area contributed by atoms with Gasteiger partial charge in [0.1, 0.15) is 11.9 Å². The minimum atomic E-state index is -0.411. The summed E-state index contributed by atoms with van der Waals surface area (Å²) in [7, 11) is 0. The first-order chi connectivity index (χ1) is 14.0. The summed E-state index contributed by atoms with van der Waals surface area (Å²) >= 11 is 5.93. The molecule has 0 bridgehead atoms. The summed E-state index contributed by atoms with van der Waals surface area (Å²) in [5, 5.41) is 3.57. The molecular formula is C22H22ClN3O3. The summed E-state index contributed by atoms with van der Waals surface area (Å²) in [4.78, 5) is 30.0. The standard InChI is InChI=1S/C22H22ClN3O3/c1-14(24-22(28)20-7-4-12-29-20)21-25-17-5-2-3-6-18(17)26(21)13-19(27)15-8-10-16(23)11-9-15/h2-3,5-6,8-11,14,20H,4,7,12-13H2,1H3,(H,24,28). The molecule has 1 fully saturated rings. The van der Waals surface area contributed by atoms with Gasteiger partial charge in [-0.2, -0.15) is 0 Å². The van der Waals surface area contributed by atoms with Crippen molar-refractivity contribution < 1.29 is 14.3 Å². The molecule has 1 saturated heterocycles. The Balaban J connectivity index is 1.62. The predicted molar refractivity (Wildman–Crippen MR) is 111 cm³/mol. The molecule has 6 nitrogen and oxygen atoms in total. The van der Waals surface area contributed by atoms with Crippen LogP contribution in [0.1, 0.15) is 42.0 Å². The molecule has 29 heavy (non-hydrogen) atoms. The highest BCUT2D eigenvalue weighted by atomic mass is 35.5. The second kappa shape index (κ2) is 8.35. The van der Waals surface area contributed by atoms with Gasteiger partial charge in [-0.1, -0.05) is 23.7 Å². The van der Waals surface area contributed by atoms with Crippen molar-refractivity contribution in [2.24, 2.45) is 0 Å². The second-order valence-electron chi connectivity index (χ2n) is 7.21. The first-order valence-corrected chi connectivity index (χ1v) is 10.1. The van der Waals surface area contributed by atoms with Crippen molar-refractivity contribution >= 4 is 34.3 Å². The summed E-state index contributed by atoms with van der Waals surface area (Å²) in [6, 6.07) is 14.1. The molecule has 1 aromatic heterocycles. The second-order valence-corrected chi connectivity index (χ2v) is 7.64. The number of para-hydroxylation sites is 2. The van der Waals surface area contributed by atoms with Crippen LogP contribution in [0.2, 0.25) is 5.02 Å². The minimum absolute atomic E-state index is 0.0521. The van der Waals surface area contributed by atoms with Crippen LogP contribution in [0.4, 0.5) is 0 Å². The Morgan fingerprint density at radius 3 is 2.72 bits per heavy atom. The molecule has 7 heteroatoms. The number of rotatable bonds is 6. The molecule has 1 N–H and O–H groups in total. The van der Waals surface area contributed by atoms with Crippen LogP contribution in [0.5, 0.6) is 0 Å². The lowest BCUT2D eigenvalue weighted by Gasteiger charge is -2.18. The number of fused-ring (bicyclic) bond motifs is 1. The number of hydrogen-bond acceptors (Lipinski definition) is 4. The number of nitrogens with one attached hydrogen (secondary N) is 1.